The van der Waals surface area contributed by atoms with Gasteiger partial charge in [0.1, 0.15) is 0 Å². The molecule has 1 aromatic rings. The quantitative estimate of drug-likeness (QED) is 0.544. The largest absolute Gasteiger partial charge is 0.381 e. The zero-order chi connectivity index (χ0) is 22.4. The number of likely N-dealkylation sites (tertiary alicyclic amines) is 1. The van der Waals surface area contributed by atoms with Gasteiger partial charge in [0.2, 0.25) is 5.91 Å². The fourth-order valence-electron chi connectivity index (χ4n) is 5.80. The van der Waals surface area contributed by atoms with Crippen LogP contribution in [0.5, 0.6) is 0 Å². The number of aliphatic imine (C=N–C) groups is 1. The number of carbonyl (C=O) groups excluding carboxylic acids is 1. The summed E-state index contributed by atoms with van der Waals surface area (Å²) in [6, 6.07) is 8.99. The SMILES string of the molecule is CN=C(NCC1(c2ccccc2C)CCOCC1)NC1CCN(C(=O)C2CCCCC2)C1. The number of nitrogens with one attached hydrogen (secondary N) is 2. The molecule has 1 atom stereocenters. The summed E-state index contributed by atoms with van der Waals surface area (Å²) in [4.78, 5) is 19.5. The van der Waals surface area contributed by atoms with Crippen LogP contribution in [0.2, 0.25) is 0 Å². The summed E-state index contributed by atoms with van der Waals surface area (Å²) in [6.07, 6.45) is 8.83. The molecule has 6 heteroatoms. The van der Waals surface area contributed by atoms with Crippen LogP contribution in [0.4, 0.5) is 0 Å². The summed E-state index contributed by atoms with van der Waals surface area (Å²) in [6.45, 7) is 6.27. The van der Waals surface area contributed by atoms with Gasteiger partial charge in [-0.15, -0.1) is 0 Å². The van der Waals surface area contributed by atoms with Gasteiger partial charge < -0.3 is 20.3 Å². The highest BCUT2D eigenvalue weighted by Gasteiger charge is 2.36. The van der Waals surface area contributed by atoms with E-state index in [1.807, 2.05) is 7.05 Å². The Kier molecular flexibility index (Phi) is 7.71. The molecule has 176 valence electrons. The molecular weight excluding hydrogens is 400 g/mol. The Morgan fingerprint density at radius 2 is 1.91 bits per heavy atom. The van der Waals surface area contributed by atoms with Crippen LogP contribution in [0.1, 0.15) is 62.5 Å². The van der Waals surface area contributed by atoms with E-state index >= 15 is 0 Å². The first-order valence-electron chi connectivity index (χ1n) is 12.5. The Morgan fingerprint density at radius 3 is 2.62 bits per heavy atom. The van der Waals surface area contributed by atoms with Gasteiger partial charge in [0.15, 0.2) is 5.96 Å². The molecule has 1 aromatic carbocycles. The molecule has 2 aliphatic heterocycles. The van der Waals surface area contributed by atoms with Crippen LogP contribution in [0.15, 0.2) is 29.3 Å². The van der Waals surface area contributed by atoms with E-state index in [0.29, 0.717) is 5.91 Å². The second-order valence-corrected chi connectivity index (χ2v) is 9.88. The molecule has 3 aliphatic rings. The average molecular weight is 441 g/mol. The fourth-order valence-corrected chi connectivity index (χ4v) is 5.80. The molecule has 1 unspecified atom stereocenters. The van der Waals surface area contributed by atoms with Crippen molar-refractivity contribution in [3.63, 3.8) is 0 Å². The van der Waals surface area contributed by atoms with Crippen LogP contribution in [-0.4, -0.2) is 62.7 Å². The van der Waals surface area contributed by atoms with E-state index in [-0.39, 0.29) is 17.4 Å². The highest BCUT2D eigenvalue weighted by Crippen LogP contribution is 2.36. The maximum absolute atomic E-state index is 12.9. The number of aryl methyl sites for hydroxylation is 1. The van der Waals surface area contributed by atoms with Gasteiger partial charge in [-0.2, -0.15) is 0 Å². The topological polar surface area (TPSA) is 66.0 Å². The maximum atomic E-state index is 12.9. The Labute approximate surface area is 193 Å². The van der Waals surface area contributed by atoms with E-state index in [9.17, 15) is 4.79 Å². The summed E-state index contributed by atoms with van der Waals surface area (Å²) < 4.78 is 5.70. The van der Waals surface area contributed by atoms with Gasteiger partial charge in [0, 0.05) is 57.3 Å². The molecule has 1 aliphatic carbocycles. The van der Waals surface area contributed by atoms with E-state index in [4.69, 9.17) is 4.74 Å². The molecule has 0 aromatic heterocycles. The van der Waals surface area contributed by atoms with Crippen LogP contribution in [0, 0.1) is 12.8 Å². The van der Waals surface area contributed by atoms with E-state index in [0.717, 1.165) is 70.9 Å². The van der Waals surface area contributed by atoms with E-state index in [1.54, 1.807) is 0 Å². The van der Waals surface area contributed by atoms with Gasteiger partial charge in [-0.25, -0.2) is 0 Å². The number of benzene rings is 1. The second kappa shape index (κ2) is 10.7. The third kappa shape index (κ3) is 5.28. The van der Waals surface area contributed by atoms with Gasteiger partial charge in [-0.05, 0) is 50.2 Å². The van der Waals surface area contributed by atoms with E-state index in [2.05, 4.69) is 51.7 Å². The van der Waals surface area contributed by atoms with Crippen molar-refractivity contribution >= 4 is 11.9 Å². The lowest BCUT2D eigenvalue weighted by Gasteiger charge is -2.39. The molecule has 0 bridgehead atoms. The third-order valence-corrected chi connectivity index (χ3v) is 7.78. The predicted octanol–water partition coefficient (Wildman–Crippen LogP) is 3.39. The van der Waals surface area contributed by atoms with Crippen molar-refractivity contribution in [2.75, 3.05) is 39.9 Å². The van der Waals surface area contributed by atoms with Crippen LogP contribution in [0.25, 0.3) is 0 Å². The van der Waals surface area contributed by atoms with Crippen molar-refractivity contribution in [3.8, 4) is 0 Å². The number of hydrogen-bond donors (Lipinski definition) is 2. The number of amides is 1. The molecule has 0 radical (unpaired) electrons. The highest BCUT2D eigenvalue weighted by atomic mass is 16.5. The van der Waals surface area contributed by atoms with Gasteiger partial charge in [0.25, 0.3) is 0 Å². The van der Waals surface area contributed by atoms with Gasteiger partial charge in [-0.3, -0.25) is 9.79 Å². The van der Waals surface area contributed by atoms with E-state index < -0.39 is 0 Å². The Balaban J connectivity index is 1.34. The van der Waals surface area contributed by atoms with Crippen LogP contribution in [0.3, 0.4) is 0 Å². The van der Waals surface area contributed by atoms with Crippen molar-refractivity contribution in [2.24, 2.45) is 10.9 Å². The molecule has 6 nitrogen and oxygen atoms in total. The lowest BCUT2D eigenvalue weighted by atomic mass is 9.72. The summed E-state index contributed by atoms with van der Waals surface area (Å²) in [7, 11) is 1.83. The van der Waals surface area contributed by atoms with Gasteiger partial charge in [0.05, 0.1) is 0 Å². The molecule has 3 fully saturated rings. The Morgan fingerprint density at radius 1 is 1.16 bits per heavy atom. The zero-order valence-corrected chi connectivity index (χ0v) is 19.9. The predicted molar refractivity (Wildman–Crippen MR) is 129 cm³/mol. The van der Waals surface area contributed by atoms with Crippen molar-refractivity contribution in [1.82, 2.24) is 15.5 Å². The van der Waals surface area contributed by atoms with Crippen LogP contribution >= 0.6 is 0 Å². The lowest BCUT2D eigenvalue weighted by Crippen LogP contribution is -2.51. The van der Waals surface area contributed by atoms with Crippen LogP contribution in [-0.2, 0) is 14.9 Å². The number of rotatable bonds is 5. The minimum absolute atomic E-state index is 0.0554. The maximum Gasteiger partial charge on any atom is 0.225 e. The van der Waals surface area contributed by atoms with Gasteiger partial charge in [-0.1, -0.05) is 43.5 Å². The Bertz CT molecular complexity index is 797. The summed E-state index contributed by atoms with van der Waals surface area (Å²) in [5, 5.41) is 7.21. The molecule has 2 N–H and O–H groups in total. The standard InChI is InChI=1S/C26H40N4O2/c1-20-8-6-7-11-23(20)26(13-16-32-17-14-26)19-28-25(27-2)29-22-12-15-30(18-22)24(31)21-9-4-3-5-10-21/h6-8,11,21-22H,3-5,9-10,12-19H2,1-2H3,(H2,27,28,29). The summed E-state index contributed by atoms with van der Waals surface area (Å²) in [5.74, 6) is 1.46. The first kappa shape index (κ1) is 23.1. The molecule has 4 rings (SSSR count). The van der Waals surface area contributed by atoms with Crippen molar-refractivity contribution < 1.29 is 9.53 Å². The first-order chi connectivity index (χ1) is 15.6. The smallest absolute Gasteiger partial charge is 0.225 e. The molecular formula is C26H40N4O2. The van der Waals surface area contributed by atoms with Crippen molar-refractivity contribution in [2.45, 2.75) is 69.7 Å². The fraction of sp³-hybridized carbons (Fsp3) is 0.692. The molecule has 1 amide bonds. The van der Waals surface area contributed by atoms with Gasteiger partial charge >= 0.3 is 0 Å². The lowest BCUT2D eigenvalue weighted by molar-refractivity contribution is -0.135. The molecule has 1 saturated carbocycles. The first-order valence-corrected chi connectivity index (χ1v) is 12.5. The van der Waals surface area contributed by atoms with E-state index in [1.165, 1.54) is 30.4 Å². The number of nitrogens with zero attached hydrogens (tertiary/aromatic N) is 2. The van der Waals surface area contributed by atoms with Crippen LogP contribution < -0.4 is 10.6 Å². The zero-order valence-electron chi connectivity index (χ0n) is 19.9. The normalized spacial score (nSPS) is 24.4. The number of ether oxygens (including phenoxy) is 1. The second-order valence-electron chi connectivity index (χ2n) is 9.88. The minimum atomic E-state index is 0.0554. The third-order valence-electron chi connectivity index (χ3n) is 7.78. The summed E-state index contributed by atoms with van der Waals surface area (Å²) in [5.41, 5.74) is 2.81. The Hall–Kier alpha value is -2.08. The van der Waals surface area contributed by atoms with Crippen molar-refractivity contribution in [3.05, 3.63) is 35.4 Å². The summed E-state index contributed by atoms with van der Waals surface area (Å²) >= 11 is 0. The molecule has 32 heavy (non-hydrogen) atoms. The molecule has 2 saturated heterocycles. The number of guanidine groups is 1. The monoisotopic (exact) mass is 440 g/mol. The average Bonchev–Trinajstić information content (AvgIpc) is 3.31. The molecule has 2 heterocycles. The number of hydrogen-bond acceptors (Lipinski definition) is 3. The van der Waals surface area contributed by atoms with Crippen molar-refractivity contribution in [1.29, 1.82) is 0 Å². The number of carbonyl (C=O) groups is 1. The highest BCUT2D eigenvalue weighted by molar-refractivity contribution is 5.81. The minimum Gasteiger partial charge on any atom is -0.381 e. The molecule has 0 spiro atoms.